The number of sulfonamides is 1. The van der Waals surface area contributed by atoms with E-state index in [-0.39, 0.29) is 30.8 Å². The van der Waals surface area contributed by atoms with Crippen molar-refractivity contribution in [2.45, 2.75) is 90.8 Å². The molecule has 0 aliphatic heterocycles. The van der Waals surface area contributed by atoms with E-state index in [0.717, 1.165) is 53.5 Å². The van der Waals surface area contributed by atoms with Crippen LogP contribution in [0.15, 0.2) is 72.8 Å². The fraction of sp³-hybridized carbons (Fsp3) is 0.444. The van der Waals surface area contributed by atoms with Crippen LogP contribution in [0.1, 0.15) is 72.8 Å². The highest BCUT2D eigenvalue weighted by Gasteiger charge is 2.32. The molecule has 236 valence electrons. The standard InChI is InChI=1S/C36H47N3O4S/c1-27-18-21-31(22-19-27)26-38(34(25-30-12-7-5-8-13-30)36(41)37-32-14-9-6-10-15-32)35(40)16-11-23-39(44(4,42)43)33-24-28(2)17-20-29(33)3/h5,7-8,12-13,17-22,24,32,34H,6,9-11,14-16,23,25-26H2,1-4H3,(H,37,41)/t34-/m0/s1. The molecule has 0 spiro atoms. The molecule has 0 aromatic heterocycles. The molecule has 1 saturated carbocycles. The molecule has 0 unspecified atom stereocenters. The summed E-state index contributed by atoms with van der Waals surface area (Å²) in [4.78, 5) is 29.8. The van der Waals surface area contributed by atoms with Crippen LogP contribution < -0.4 is 9.62 Å². The Bertz CT molecular complexity index is 1500. The molecule has 7 nitrogen and oxygen atoms in total. The van der Waals surface area contributed by atoms with Crippen LogP contribution in [0.2, 0.25) is 0 Å². The zero-order valence-corrected chi connectivity index (χ0v) is 27.4. The van der Waals surface area contributed by atoms with Crippen LogP contribution in [-0.4, -0.2) is 50.0 Å². The number of nitrogens with zero attached hydrogens (tertiary/aromatic N) is 2. The molecule has 8 heteroatoms. The molecular weight excluding hydrogens is 570 g/mol. The lowest BCUT2D eigenvalue weighted by molar-refractivity contribution is -0.141. The Labute approximate surface area is 263 Å². The Kier molecular flexibility index (Phi) is 11.6. The summed E-state index contributed by atoms with van der Waals surface area (Å²) in [6.45, 7) is 6.31. The van der Waals surface area contributed by atoms with Gasteiger partial charge < -0.3 is 10.2 Å². The first-order valence-corrected chi connectivity index (χ1v) is 17.6. The summed E-state index contributed by atoms with van der Waals surface area (Å²) in [6.07, 6.45) is 7.32. The molecule has 44 heavy (non-hydrogen) atoms. The second-order valence-corrected chi connectivity index (χ2v) is 14.2. The zero-order valence-electron chi connectivity index (χ0n) is 26.6. The van der Waals surface area contributed by atoms with Crippen LogP contribution in [0.3, 0.4) is 0 Å². The van der Waals surface area contributed by atoms with Gasteiger partial charge in [-0.3, -0.25) is 13.9 Å². The SMILES string of the molecule is Cc1ccc(CN(C(=O)CCCN(c2cc(C)ccc2C)S(C)(=O)=O)[C@@H](Cc2ccccc2)C(=O)NC2CCCCC2)cc1. The largest absolute Gasteiger partial charge is 0.352 e. The van der Waals surface area contributed by atoms with Crippen LogP contribution in [0.25, 0.3) is 0 Å². The number of aryl methyl sites for hydroxylation is 3. The van der Waals surface area contributed by atoms with Gasteiger partial charge in [-0.25, -0.2) is 8.42 Å². The van der Waals surface area contributed by atoms with Gasteiger partial charge in [-0.1, -0.05) is 91.6 Å². The van der Waals surface area contributed by atoms with Crippen LogP contribution in [0.5, 0.6) is 0 Å². The molecule has 1 aliphatic rings. The molecule has 0 bridgehead atoms. The van der Waals surface area contributed by atoms with E-state index in [2.05, 4.69) is 5.32 Å². The molecule has 3 aromatic carbocycles. The molecular formula is C36H47N3O4S. The minimum absolute atomic E-state index is 0.116. The Morgan fingerprint density at radius 2 is 1.52 bits per heavy atom. The van der Waals surface area contributed by atoms with Crippen molar-refractivity contribution in [1.82, 2.24) is 10.2 Å². The Morgan fingerprint density at radius 1 is 0.864 bits per heavy atom. The fourth-order valence-electron chi connectivity index (χ4n) is 5.96. The summed E-state index contributed by atoms with van der Waals surface area (Å²) in [5.74, 6) is -0.297. The van der Waals surface area contributed by atoms with Gasteiger partial charge in [-0.05, 0) is 68.4 Å². The summed E-state index contributed by atoms with van der Waals surface area (Å²) >= 11 is 0. The van der Waals surface area contributed by atoms with Crippen molar-refractivity contribution in [2.24, 2.45) is 0 Å². The number of benzene rings is 3. The lowest BCUT2D eigenvalue weighted by Gasteiger charge is -2.34. The zero-order chi connectivity index (χ0) is 31.7. The molecule has 0 heterocycles. The normalized spacial score (nSPS) is 14.5. The van der Waals surface area contributed by atoms with Gasteiger partial charge in [-0.15, -0.1) is 0 Å². The summed E-state index contributed by atoms with van der Waals surface area (Å²) in [6, 6.07) is 23.0. The van der Waals surface area contributed by atoms with E-state index in [1.54, 1.807) is 4.90 Å². The van der Waals surface area contributed by atoms with Gasteiger partial charge in [0.05, 0.1) is 11.9 Å². The molecule has 0 saturated heterocycles. The maximum Gasteiger partial charge on any atom is 0.243 e. The third-order valence-corrected chi connectivity index (χ3v) is 9.66. The first-order chi connectivity index (χ1) is 21.0. The Hall–Kier alpha value is -3.65. The van der Waals surface area contributed by atoms with Crippen molar-refractivity contribution in [3.8, 4) is 0 Å². The van der Waals surface area contributed by atoms with Crippen molar-refractivity contribution in [3.05, 3.63) is 101 Å². The van der Waals surface area contributed by atoms with E-state index < -0.39 is 16.1 Å². The predicted molar refractivity (Wildman–Crippen MR) is 178 cm³/mol. The highest BCUT2D eigenvalue weighted by molar-refractivity contribution is 7.92. The van der Waals surface area contributed by atoms with E-state index in [4.69, 9.17) is 0 Å². The topological polar surface area (TPSA) is 86.8 Å². The van der Waals surface area contributed by atoms with Crippen molar-refractivity contribution >= 4 is 27.5 Å². The monoisotopic (exact) mass is 617 g/mol. The average molecular weight is 618 g/mol. The molecule has 0 radical (unpaired) electrons. The van der Waals surface area contributed by atoms with Gasteiger partial charge in [0, 0.05) is 32.0 Å². The summed E-state index contributed by atoms with van der Waals surface area (Å²) in [5, 5.41) is 3.28. The van der Waals surface area contributed by atoms with Crippen LogP contribution in [-0.2, 0) is 32.6 Å². The minimum atomic E-state index is -3.57. The van der Waals surface area contributed by atoms with E-state index in [1.165, 1.54) is 17.0 Å². The molecule has 1 atom stereocenters. The van der Waals surface area contributed by atoms with Gasteiger partial charge in [0.2, 0.25) is 21.8 Å². The second-order valence-electron chi connectivity index (χ2n) is 12.3. The Morgan fingerprint density at radius 3 is 2.18 bits per heavy atom. The lowest BCUT2D eigenvalue weighted by Crippen LogP contribution is -2.52. The summed E-state index contributed by atoms with van der Waals surface area (Å²) in [5.41, 5.74) is 5.50. The number of hydrogen-bond acceptors (Lipinski definition) is 4. The first kappa shape index (κ1) is 33.2. The molecule has 1 aliphatic carbocycles. The molecule has 1 fully saturated rings. The maximum absolute atomic E-state index is 14.1. The number of amides is 2. The molecule has 2 amide bonds. The first-order valence-electron chi connectivity index (χ1n) is 15.8. The highest BCUT2D eigenvalue weighted by atomic mass is 32.2. The van der Waals surface area contributed by atoms with E-state index in [9.17, 15) is 18.0 Å². The summed E-state index contributed by atoms with van der Waals surface area (Å²) in [7, 11) is -3.57. The van der Waals surface area contributed by atoms with E-state index >= 15 is 0 Å². The van der Waals surface area contributed by atoms with Gasteiger partial charge >= 0.3 is 0 Å². The highest BCUT2D eigenvalue weighted by Crippen LogP contribution is 2.25. The second kappa shape index (κ2) is 15.4. The van der Waals surface area contributed by atoms with Crippen molar-refractivity contribution in [3.63, 3.8) is 0 Å². The van der Waals surface area contributed by atoms with Crippen molar-refractivity contribution < 1.29 is 18.0 Å². The minimum Gasteiger partial charge on any atom is -0.352 e. The van der Waals surface area contributed by atoms with Gasteiger partial charge in [-0.2, -0.15) is 0 Å². The number of nitrogens with one attached hydrogen (secondary N) is 1. The molecule has 1 N–H and O–H groups in total. The number of carbonyl (C=O) groups excluding carboxylic acids is 2. The fourth-order valence-corrected chi connectivity index (χ4v) is 6.97. The lowest BCUT2D eigenvalue weighted by atomic mass is 9.94. The van der Waals surface area contributed by atoms with Gasteiger partial charge in [0.1, 0.15) is 6.04 Å². The third kappa shape index (κ3) is 9.42. The predicted octanol–water partition coefficient (Wildman–Crippen LogP) is 6.25. The molecule has 4 rings (SSSR count). The van der Waals surface area contributed by atoms with Crippen molar-refractivity contribution in [1.29, 1.82) is 0 Å². The quantitative estimate of drug-likeness (QED) is 0.246. The van der Waals surface area contributed by atoms with Crippen molar-refractivity contribution in [2.75, 3.05) is 17.1 Å². The van der Waals surface area contributed by atoms with Crippen LogP contribution in [0.4, 0.5) is 5.69 Å². The van der Waals surface area contributed by atoms with Crippen LogP contribution >= 0.6 is 0 Å². The van der Waals surface area contributed by atoms with E-state index in [0.29, 0.717) is 25.1 Å². The smallest absolute Gasteiger partial charge is 0.243 e. The van der Waals surface area contributed by atoms with E-state index in [1.807, 2.05) is 93.6 Å². The Balaban J connectivity index is 1.60. The number of anilines is 1. The van der Waals surface area contributed by atoms with Gasteiger partial charge in [0.25, 0.3) is 0 Å². The number of hydrogen-bond donors (Lipinski definition) is 1. The number of carbonyl (C=O) groups is 2. The maximum atomic E-state index is 14.1. The number of rotatable bonds is 13. The third-order valence-electron chi connectivity index (χ3n) is 8.48. The van der Waals surface area contributed by atoms with Gasteiger partial charge in [0.15, 0.2) is 0 Å². The average Bonchev–Trinajstić information content (AvgIpc) is 2.99. The molecule has 3 aromatic rings. The summed E-state index contributed by atoms with van der Waals surface area (Å²) < 4.78 is 27.1. The van der Waals surface area contributed by atoms with Crippen LogP contribution in [0, 0.1) is 20.8 Å².